The van der Waals surface area contributed by atoms with Crippen molar-refractivity contribution in [3.63, 3.8) is 0 Å². The largest absolute Gasteiger partial charge is 0.289 e. The first-order valence-corrected chi connectivity index (χ1v) is 6.41. The molecule has 0 N–H and O–H groups in total. The summed E-state index contributed by atoms with van der Waals surface area (Å²) in [7, 11) is 0. The molecule has 0 aliphatic heterocycles. The van der Waals surface area contributed by atoms with Gasteiger partial charge in [-0.25, -0.2) is 4.39 Å². The number of aryl methyl sites for hydroxylation is 1. The molecule has 2 aromatic carbocycles. The summed E-state index contributed by atoms with van der Waals surface area (Å²) in [6.45, 7) is 1.74. The van der Waals surface area contributed by atoms with Gasteiger partial charge in [-0.1, -0.05) is 11.6 Å². The van der Waals surface area contributed by atoms with Crippen molar-refractivity contribution in [2.45, 2.75) is 6.92 Å². The lowest BCUT2D eigenvalue weighted by molar-refractivity contribution is 0.103. The molecule has 0 fully saturated rings. The monoisotopic (exact) mass is 326 g/mol. The van der Waals surface area contributed by atoms with Gasteiger partial charge in [0.1, 0.15) is 5.82 Å². The maximum atomic E-state index is 13.3. The summed E-state index contributed by atoms with van der Waals surface area (Å²) < 4.78 is 14.0. The summed E-state index contributed by atoms with van der Waals surface area (Å²) in [5.74, 6) is -0.659. The summed E-state index contributed by atoms with van der Waals surface area (Å²) in [5.41, 5.74) is 1.47. The van der Waals surface area contributed by atoms with Gasteiger partial charge in [-0.3, -0.25) is 4.79 Å². The van der Waals surface area contributed by atoms with Gasteiger partial charge in [-0.15, -0.1) is 0 Å². The van der Waals surface area contributed by atoms with Crippen LogP contribution in [0.25, 0.3) is 0 Å². The van der Waals surface area contributed by atoms with Crippen molar-refractivity contribution < 1.29 is 9.18 Å². The fraction of sp³-hybridized carbons (Fsp3) is 0.0714. The molecule has 0 radical (unpaired) electrons. The first-order valence-electron chi connectivity index (χ1n) is 5.24. The highest BCUT2D eigenvalue weighted by Gasteiger charge is 2.12. The SMILES string of the molecule is Cc1cc(F)cc(C(=O)c2ccc(Br)c(Cl)c2)c1. The molecule has 18 heavy (non-hydrogen) atoms. The van der Waals surface area contributed by atoms with Crippen molar-refractivity contribution >= 4 is 33.3 Å². The number of carbonyl (C=O) groups is 1. The average molecular weight is 328 g/mol. The maximum Gasteiger partial charge on any atom is 0.193 e. The van der Waals surface area contributed by atoms with Crippen LogP contribution >= 0.6 is 27.5 Å². The highest BCUT2D eigenvalue weighted by molar-refractivity contribution is 9.10. The second kappa shape index (κ2) is 5.21. The van der Waals surface area contributed by atoms with Gasteiger partial charge in [0.05, 0.1) is 5.02 Å². The molecule has 0 aromatic heterocycles. The second-order valence-electron chi connectivity index (χ2n) is 3.98. The van der Waals surface area contributed by atoms with Crippen molar-refractivity contribution in [1.82, 2.24) is 0 Å². The molecule has 0 spiro atoms. The van der Waals surface area contributed by atoms with Crippen LogP contribution in [0.15, 0.2) is 40.9 Å². The third-order valence-corrected chi connectivity index (χ3v) is 3.72. The highest BCUT2D eigenvalue weighted by Crippen LogP contribution is 2.24. The van der Waals surface area contributed by atoms with E-state index in [1.165, 1.54) is 12.1 Å². The van der Waals surface area contributed by atoms with E-state index in [9.17, 15) is 9.18 Å². The highest BCUT2D eigenvalue weighted by atomic mass is 79.9. The number of halogens is 3. The minimum atomic E-state index is -0.415. The van der Waals surface area contributed by atoms with Gasteiger partial charge in [0.2, 0.25) is 0 Å². The van der Waals surface area contributed by atoms with E-state index in [1.54, 1.807) is 31.2 Å². The molecule has 0 heterocycles. The standard InChI is InChI=1S/C14H9BrClFO/c1-8-4-10(6-11(17)5-8)14(18)9-2-3-12(15)13(16)7-9/h2-7H,1H3. The Labute approximate surface area is 118 Å². The minimum absolute atomic E-state index is 0.244. The van der Waals surface area contributed by atoms with Crippen molar-refractivity contribution in [2.24, 2.45) is 0 Å². The molecule has 4 heteroatoms. The van der Waals surface area contributed by atoms with Crippen molar-refractivity contribution in [1.29, 1.82) is 0 Å². The van der Waals surface area contributed by atoms with Gasteiger partial charge in [0.25, 0.3) is 0 Å². The number of hydrogen-bond donors (Lipinski definition) is 0. The Bertz CT molecular complexity index is 605. The Morgan fingerprint density at radius 3 is 2.50 bits per heavy atom. The maximum absolute atomic E-state index is 13.3. The number of rotatable bonds is 2. The van der Waals surface area contributed by atoms with E-state index in [1.807, 2.05) is 0 Å². The fourth-order valence-electron chi connectivity index (χ4n) is 1.67. The van der Waals surface area contributed by atoms with Crippen molar-refractivity contribution in [2.75, 3.05) is 0 Å². The molecule has 1 nitrogen and oxygen atoms in total. The van der Waals surface area contributed by atoms with Crippen LogP contribution in [0.2, 0.25) is 5.02 Å². The first kappa shape index (κ1) is 13.2. The van der Waals surface area contributed by atoms with Crippen molar-refractivity contribution in [3.05, 3.63) is 68.4 Å². The smallest absolute Gasteiger partial charge is 0.193 e. The van der Waals surface area contributed by atoms with Crippen LogP contribution in [0, 0.1) is 12.7 Å². The molecule has 2 aromatic rings. The molecule has 0 bridgehead atoms. The third-order valence-electron chi connectivity index (χ3n) is 2.49. The zero-order chi connectivity index (χ0) is 13.3. The Morgan fingerprint density at radius 1 is 1.17 bits per heavy atom. The molecule has 2 rings (SSSR count). The molecular weight excluding hydrogens is 319 g/mol. The van der Waals surface area contributed by atoms with E-state index in [2.05, 4.69) is 15.9 Å². The van der Waals surface area contributed by atoms with E-state index in [-0.39, 0.29) is 5.78 Å². The quantitative estimate of drug-likeness (QED) is 0.725. The van der Waals surface area contributed by atoms with E-state index < -0.39 is 5.82 Å². The molecule has 0 saturated carbocycles. The zero-order valence-electron chi connectivity index (χ0n) is 9.51. The van der Waals surface area contributed by atoms with Crippen LogP contribution in [0.4, 0.5) is 4.39 Å². The molecule has 0 aliphatic rings. The van der Waals surface area contributed by atoms with Crippen LogP contribution in [0.5, 0.6) is 0 Å². The Morgan fingerprint density at radius 2 is 1.89 bits per heavy atom. The van der Waals surface area contributed by atoms with Crippen LogP contribution in [0.3, 0.4) is 0 Å². The number of ketones is 1. The van der Waals surface area contributed by atoms with Gasteiger partial charge in [-0.2, -0.15) is 0 Å². The van der Waals surface area contributed by atoms with Crippen LogP contribution in [0.1, 0.15) is 21.5 Å². The molecule has 0 atom stereocenters. The lowest BCUT2D eigenvalue weighted by Crippen LogP contribution is -2.02. The molecule has 0 aliphatic carbocycles. The first-order chi connectivity index (χ1) is 8.47. The van der Waals surface area contributed by atoms with Crippen LogP contribution in [-0.4, -0.2) is 5.78 Å². The predicted octanol–water partition coefficient (Wildman–Crippen LogP) is 4.78. The van der Waals surface area contributed by atoms with Crippen LogP contribution < -0.4 is 0 Å². The van der Waals surface area contributed by atoms with Crippen LogP contribution in [-0.2, 0) is 0 Å². The third kappa shape index (κ3) is 2.79. The Balaban J connectivity index is 2.44. The summed E-state index contributed by atoms with van der Waals surface area (Å²) in [6.07, 6.45) is 0. The van der Waals surface area contributed by atoms with Gasteiger partial charge in [0, 0.05) is 15.6 Å². The number of hydrogen-bond acceptors (Lipinski definition) is 1. The lowest BCUT2D eigenvalue weighted by Gasteiger charge is -2.04. The Hall–Kier alpha value is -1.19. The summed E-state index contributed by atoms with van der Waals surface area (Å²) >= 11 is 9.19. The zero-order valence-corrected chi connectivity index (χ0v) is 11.8. The van der Waals surface area contributed by atoms with E-state index >= 15 is 0 Å². The summed E-state index contributed by atoms with van der Waals surface area (Å²) in [5, 5.41) is 0.453. The van der Waals surface area contributed by atoms with Gasteiger partial charge in [-0.05, 0) is 64.8 Å². The molecule has 92 valence electrons. The average Bonchev–Trinajstić information content (AvgIpc) is 2.30. The van der Waals surface area contributed by atoms with E-state index in [0.29, 0.717) is 21.7 Å². The molecular formula is C14H9BrClFO. The Kier molecular flexibility index (Phi) is 3.83. The fourth-order valence-corrected chi connectivity index (χ4v) is 2.10. The molecule has 0 unspecified atom stereocenters. The molecule has 0 saturated heterocycles. The second-order valence-corrected chi connectivity index (χ2v) is 5.24. The lowest BCUT2D eigenvalue weighted by atomic mass is 10.0. The topological polar surface area (TPSA) is 17.1 Å². The van der Waals surface area contributed by atoms with E-state index in [4.69, 9.17) is 11.6 Å². The summed E-state index contributed by atoms with van der Waals surface area (Å²) in [4.78, 5) is 12.2. The predicted molar refractivity (Wildman–Crippen MR) is 73.7 cm³/mol. The van der Waals surface area contributed by atoms with Gasteiger partial charge in [0.15, 0.2) is 5.78 Å². The van der Waals surface area contributed by atoms with Gasteiger partial charge >= 0.3 is 0 Å². The number of carbonyl (C=O) groups excluding carboxylic acids is 1. The van der Waals surface area contributed by atoms with Crippen molar-refractivity contribution in [3.8, 4) is 0 Å². The minimum Gasteiger partial charge on any atom is -0.289 e. The summed E-state index contributed by atoms with van der Waals surface area (Å²) in [6, 6.07) is 9.17. The normalized spacial score (nSPS) is 10.4. The van der Waals surface area contributed by atoms with Gasteiger partial charge < -0.3 is 0 Å². The number of benzene rings is 2. The van der Waals surface area contributed by atoms with E-state index in [0.717, 1.165) is 4.47 Å². The molecule has 0 amide bonds.